The van der Waals surface area contributed by atoms with Crippen LogP contribution >= 0.6 is 11.8 Å². The van der Waals surface area contributed by atoms with E-state index in [1.165, 1.54) is 0 Å². The lowest BCUT2D eigenvalue weighted by Gasteiger charge is -2.22. The first-order valence-electron chi connectivity index (χ1n) is 8.62. The van der Waals surface area contributed by atoms with Crippen molar-refractivity contribution in [2.24, 2.45) is 0 Å². The van der Waals surface area contributed by atoms with E-state index in [2.05, 4.69) is 16.0 Å². The van der Waals surface area contributed by atoms with Crippen molar-refractivity contribution in [1.82, 2.24) is 16.0 Å². The topological polar surface area (TPSA) is 188 Å². The normalized spacial score (nSPS) is 20.0. The van der Waals surface area contributed by atoms with Crippen molar-refractivity contribution >= 4 is 29.7 Å². The van der Waals surface area contributed by atoms with Crippen molar-refractivity contribution in [1.29, 1.82) is 0 Å². The Labute approximate surface area is 169 Å². The van der Waals surface area contributed by atoms with Gasteiger partial charge in [-0.2, -0.15) is 11.8 Å². The number of aliphatic carboxylic acids is 3. The maximum atomic E-state index is 9.14. The van der Waals surface area contributed by atoms with Gasteiger partial charge in [-0.15, -0.1) is 0 Å². The molecule has 0 aromatic heterocycles. The minimum Gasteiger partial charge on any atom is -0.481 e. The Morgan fingerprint density at radius 3 is 1.32 bits per heavy atom. The van der Waals surface area contributed by atoms with Gasteiger partial charge in [0.2, 0.25) is 0 Å². The number of nitrogens with one attached hydrogen (secondary N) is 3. The zero-order valence-corrected chi connectivity index (χ0v) is 17.5. The van der Waals surface area contributed by atoms with Gasteiger partial charge < -0.3 is 41.5 Å². The van der Waals surface area contributed by atoms with Crippen LogP contribution in [0, 0.1) is 0 Å². The smallest absolute Gasteiger partial charge is 0.300 e. The largest absolute Gasteiger partial charge is 0.481 e. The molecule has 28 heavy (non-hydrogen) atoms. The van der Waals surface area contributed by atoms with Crippen LogP contribution in [0.2, 0.25) is 0 Å². The Hall–Kier alpha value is -1.44. The van der Waals surface area contributed by atoms with Crippen LogP contribution in [0.4, 0.5) is 0 Å². The van der Waals surface area contributed by atoms with E-state index < -0.39 is 17.9 Å². The number of hydrogen-bond donors (Lipinski definition) is 8. The quantitative estimate of drug-likeness (QED) is 0.254. The first kappa shape index (κ1) is 31.3. The summed E-state index contributed by atoms with van der Waals surface area (Å²) in [6.45, 7) is 6.88. The second kappa shape index (κ2) is 23.6. The number of carboxylic acid groups (broad SMARTS) is 3. The number of carboxylic acids is 3. The van der Waals surface area contributed by atoms with E-state index >= 15 is 0 Å². The molecule has 8 N–H and O–H groups in total. The molecule has 1 aliphatic heterocycles. The standard InChI is InChI=1S/C10H23N3O2S.3C2H4O2/c14-7-9-5-11-6-10(8-15)13-2-4-16-3-1-12-9;3*1-2(3)4/h9-15H,1-8H2;3*1H3,(H,3,4). The lowest BCUT2D eigenvalue weighted by atomic mass is 10.2. The Morgan fingerprint density at radius 1 is 0.786 bits per heavy atom. The molecule has 0 aromatic rings. The molecule has 0 aromatic carbocycles. The van der Waals surface area contributed by atoms with Crippen LogP contribution in [0.3, 0.4) is 0 Å². The maximum Gasteiger partial charge on any atom is 0.300 e. The maximum absolute atomic E-state index is 9.14. The van der Waals surface area contributed by atoms with Crippen LogP contribution in [-0.2, 0) is 14.4 Å². The molecule has 1 fully saturated rings. The van der Waals surface area contributed by atoms with Crippen LogP contribution in [0.5, 0.6) is 0 Å². The van der Waals surface area contributed by atoms with Crippen molar-refractivity contribution in [3.8, 4) is 0 Å². The summed E-state index contributed by atoms with van der Waals surface area (Å²) in [5.74, 6) is -0.385. The van der Waals surface area contributed by atoms with Gasteiger partial charge in [-0.3, -0.25) is 14.4 Å². The van der Waals surface area contributed by atoms with E-state index in [0.717, 1.165) is 58.5 Å². The molecule has 1 saturated heterocycles. The highest BCUT2D eigenvalue weighted by Crippen LogP contribution is 1.98. The lowest BCUT2D eigenvalue weighted by molar-refractivity contribution is -0.135. The van der Waals surface area contributed by atoms with Crippen molar-refractivity contribution in [2.75, 3.05) is 50.9 Å². The Bertz CT molecular complexity index is 346. The van der Waals surface area contributed by atoms with Crippen molar-refractivity contribution < 1.29 is 39.9 Å². The first-order valence-corrected chi connectivity index (χ1v) is 9.77. The summed E-state index contributed by atoms with van der Waals surface area (Å²) < 4.78 is 0. The molecular formula is C16H35N3O8S. The van der Waals surface area contributed by atoms with Crippen molar-refractivity contribution in [2.45, 2.75) is 32.9 Å². The minimum absolute atomic E-state index is 0.111. The van der Waals surface area contributed by atoms with Crippen LogP contribution < -0.4 is 16.0 Å². The fourth-order valence-corrected chi connectivity index (χ4v) is 2.34. The molecule has 0 spiro atoms. The molecular weight excluding hydrogens is 394 g/mol. The molecule has 11 nitrogen and oxygen atoms in total. The molecule has 12 heteroatoms. The third kappa shape index (κ3) is 39.6. The van der Waals surface area contributed by atoms with Crippen LogP contribution in [0.1, 0.15) is 20.8 Å². The van der Waals surface area contributed by atoms with Crippen LogP contribution in [-0.4, -0.2) is 106 Å². The Balaban J connectivity index is -0.000000427. The van der Waals surface area contributed by atoms with E-state index in [1.807, 2.05) is 11.8 Å². The average Bonchev–Trinajstić information content (AvgIpc) is 2.54. The lowest BCUT2D eigenvalue weighted by Crippen LogP contribution is -2.48. The number of hydrogen-bond acceptors (Lipinski definition) is 9. The third-order valence-electron chi connectivity index (χ3n) is 2.58. The van der Waals surface area contributed by atoms with Crippen LogP contribution in [0.15, 0.2) is 0 Å². The summed E-state index contributed by atoms with van der Waals surface area (Å²) in [5, 5.41) is 50.4. The molecule has 0 amide bonds. The highest BCUT2D eigenvalue weighted by Gasteiger charge is 2.10. The summed E-state index contributed by atoms with van der Waals surface area (Å²) in [6.07, 6.45) is 0. The monoisotopic (exact) mass is 429 g/mol. The fraction of sp³-hybridized carbons (Fsp3) is 0.812. The van der Waals surface area contributed by atoms with E-state index in [4.69, 9.17) is 39.9 Å². The van der Waals surface area contributed by atoms with E-state index in [1.54, 1.807) is 0 Å². The number of carbonyl (C=O) groups is 3. The molecule has 1 rings (SSSR count). The van der Waals surface area contributed by atoms with E-state index in [0.29, 0.717) is 0 Å². The summed E-state index contributed by atoms with van der Waals surface area (Å²) in [6, 6.07) is 0.221. The molecule has 0 radical (unpaired) electrons. The van der Waals surface area contributed by atoms with Gasteiger partial charge in [0.15, 0.2) is 0 Å². The molecule has 0 saturated carbocycles. The fourth-order valence-electron chi connectivity index (χ4n) is 1.61. The molecule has 1 aliphatic rings. The molecule has 0 bridgehead atoms. The van der Waals surface area contributed by atoms with Crippen LogP contribution in [0.25, 0.3) is 0 Å². The molecule has 2 atom stereocenters. The van der Waals surface area contributed by atoms with Gasteiger partial charge in [0.1, 0.15) is 0 Å². The highest BCUT2D eigenvalue weighted by molar-refractivity contribution is 7.99. The molecule has 2 unspecified atom stereocenters. The van der Waals surface area contributed by atoms with Gasteiger partial charge >= 0.3 is 0 Å². The zero-order valence-electron chi connectivity index (χ0n) is 16.7. The second-order valence-corrected chi connectivity index (χ2v) is 6.72. The number of aliphatic hydroxyl groups is 2. The Morgan fingerprint density at radius 2 is 1.07 bits per heavy atom. The van der Waals surface area contributed by atoms with Crippen molar-refractivity contribution in [3.63, 3.8) is 0 Å². The van der Waals surface area contributed by atoms with Gasteiger partial charge in [-0.05, 0) is 0 Å². The number of aliphatic hydroxyl groups excluding tert-OH is 2. The molecule has 1 heterocycles. The van der Waals surface area contributed by atoms with E-state index in [9.17, 15) is 0 Å². The van der Waals surface area contributed by atoms with Gasteiger partial charge in [-0.25, -0.2) is 0 Å². The van der Waals surface area contributed by atoms with Gasteiger partial charge in [-0.1, -0.05) is 0 Å². The first-order chi connectivity index (χ1) is 13.1. The highest BCUT2D eigenvalue weighted by atomic mass is 32.2. The average molecular weight is 430 g/mol. The summed E-state index contributed by atoms with van der Waals surface area (Å²) in [7, 11) is 0. The predicted octanol–water partition coefficient (Wildman–Crippen LogP) is -1.50. The Kier molecular flexibility index (Phi) is 26.3. The second-order valence-electron chi connectivity index (χ2n) is 5.49. The van der Waals surface area contributed by atoms with Gasteiger partial charge in [0.25, 0.3) is 17.9 Å². The molecule has 168 valence electrons. The molecule has 0 aliphatic carbocycles. The van der Waals surface area contributed by atoms with Crippen molar-refractivity contribution in [3.05, 3.63) is 0 Å². The summed E-state index contributed by atoms with van der Waals surface area (Å²) in [5.41, 5.74) is 0. The zero-order chi connectivity index (χ0) is 22.4. The van der Waals surface area contributed by atoms with E-state index in [-0.39, 0.29) is 25.3 Å². The number of rotatable bonds is 2. The summed E-state index contributed by atoms with van der Waals surface area (Å²) >= 11 is 1.88. The third-order valence-corrected chi connectivity index (χ3v) is 3.57. The van der Waals surface area contributed by atoms with Gasteiger partial charge in [0, 0.05) is 70.5 Å². The van der Waals surface area contributed by atoms with Gasteiger partial charge in [0.05, 0.1) is 13.2 Å². The SMILES string of the molecule is CC(=O)O.CC(=O)O.CC(=O)O.OCC1CNCC(CO)NCCSCCN1. The summed E-state index contributed by atoms with van der Waals surface area (Å²) in [4.78, 5) is 27.0. The number of thioether (sulfide) groups is 1. The predicted molar refractivity (Wildman–Crippen MR) is 108 cm³/mol. The minimum atomic E-state index is -0.833.